The molecule has 0 bridgehead atoms. The molecule has 0 fully saturated rings. The van der Waals surface area contributed by atoms with Crippen LogP contribution < -0.4 is 40.3 Å². The van der Waals surface area contributed by atoms with Crippen LogP contribution in [0.2, 0.25) is 0 Å². The minimum atomic E-state index is -0.391. The normalized spacial score (nSPS) is 16.3. The van der Waals surface area contributed by atoms with E-state index in [2.05, 4.69) is 27.0 Å². The average molecular weight is 669 g/mol. The van der Waals surface area contributed by atoms with Crippen molar-refractivity contribution in [3.05, 3.63) is 75.1 Å². The molecule has 4 N–H and O–H groups in total. The van der Waals surface area contributed by atoms with E-state index in [1.165, 1.54) is 12.5 Å². The molecule has 0 spiro atoms. The van der Waals surface area contributed by atoms with E-state index >= 15 is 0 Å². The van der Waals surface area contributed by atoms with E-state index in [1.807, 2.05) is 24.3 Å². The summed E-state index contributed by atoms with van der Waals surface area (Å²) in [6, 6.07) is 12.7. The number of ether oxygens (including phenoxy) is 4. The molecule has 49 heavy (non-hydrogen) atoms. The summed E-state index contributed by atoms with van der Waals surface area (Å²) in [6.45, 7) is 1.90. The number of rotatable bonds is 11. The summed E-state index contributed by atoms with van der Waals surface area (Å²) in [5.74, 6) is 2.09. The van der Waals surface area contributed by atoms with Gasteiger partial charge in [0.2, 0.25) is 23.0 Å². The number of benzene rings is 2. The van der Waals surface area contributed by atoms with Crippen molar-refractivity contribution in [2.75, 3.05) is 40.3 Å². The Morgan fingerprint density at radius 2 is 1.69 bits per heavy atom. The van der Waals surface area contributed by atoms with Gasteiger partial charge in [0.05, 0.1) is 46.2 Å². The molecule has 6 rings (SSSR count). The van der Waals surface area contributed by atoms with Crippen LogP contribution in [-0.4, -0.2) is 51.8 Å². The predicted octanol–water partition coefficient (Wildman–Crippen LogP) is 5.74. The monoisotopic (exact) mass is 668 g/mol. The van der Waals surface area contributed by atoms with E-state index in [9.17, 15) is 14.4 Å². The van der Waals surface area contributed by atoms with Gasteiger partial charge in [-0.1, -0.05) is 6.07 Å². The van der Waals surface area contributed by atoms with Crippen LogP contribution >= 0.6 is 0 Å². The molecule has 0 saturated carbocycles. The molecule has 0 saturated heterocycles. The second-order valence-electron chi connectivity index (χ2n) is 12.6. The number of nitrogens with one attached hydrogen (secondary N) is 4. The lowest BCUT2D eigenvalue weighted by Crippen LogP contribution is -2.31. The lowest BCUT2D eigenvalue weighted by molar-refractivity contribution is -0.122. The van der Waals surface area contributed by atoms with Gasteiger partial charge in [0.1, 0.15) is 5.75 Å². The van der Waals surface area contributed by atoms with Crippen LogP contribution in [0, 0.1) is 0 Å². The quantitative estimate of drug-likeness (QED) is 0.149. The van der Waals surface area contributed by atoms with E-state index in [0.29, 0.717) is 60.7 Å². The fourth-order valence-corrected chi connectivity index (χ4v) is 7.31. The second kappa shape index (κ2) is 14.5. The molecule has 3 aromatic carbocycles. The standard InChI is InChI=1S/C38H44N4O7/c1-21(43)40-28-14-11-22-18-33(47-3)37(48-4)38(49-5)35(22)24-13-16-30(32(44)20-27(24)28)39-17-7-10-34(45)41-31-9-6-8-25-26-19-23(46-2)12-15-29(26)42-36(25)31/h12-13,15-16,18-20,28,31,42H,6-11,14,17H2,1-5H3,(H,39,44)(H,40,43)(H,41,45)/t28-,31?/m0/s1. The van der Waals surface area contributed by atoms with Gasteiger partial charge in [-0.25, -0.2) is 0 Å². The van der Waals surface area contributed by atoms with Crippen molar-refractivity contribution in [3.63, 3.8) is 0 Å². The van der Waals surface area contributed by atoms with E-state index in [4.69, 9.17) is 18.9 Å². The first kappa shape index (κ1) is 33.7. The lowest BCUT2D eigenvalue weighted by Gasteiger charge is -2.24. The number of aryl methyl sites for hydroxylation is 2. The van der Waals surface area contributed by atoms with Crippen molar-refractivity contribution in [2.24, 2.45) is 0 Å². The van der Waals surface area contributed by atoms with Crippen LogP contribution in [-0.2, 0) is 22.4 Å². The Labute approximate surface area is 285 Å². The number of carbonyl (C=O) groups is 2. The fourth-order valence-electron chi connectivity index (χ4n) is 7.31. The maximum atomic E-state index is 13.6. The van der Waals surface area contributed by atoms with Gasteiger partial charge in [-0.15, -0.1) is 0 Å². The summed E-state index contributed by atoms with van der Waals surface area (Å²) in [6.07, 6.45) is 4.87. The molecule has 2 aliphatic carbocycles. The largest absolute Gasteiger partial charge is 0.497 e. The van der Waals surface area contributed by atoms with Gasteiger partial charge in [0.15, 0.2) is 11.5 Å². The lowest BCUT2D eigenvalue weighted by atomic mass is 9.91. The first-order valence-corrected chi connectivity index (χ1v) is 16.8. The summed E-state index contributed by atoms with van der Waals surface area (Å²) >= 11 is 0. The third kappa shape index (κ3) is 6.75. The van der Waals surface area contributed by atoms with Gasteiger partial charge in [-0.3, -0.25) is 14.4 Å². The van der Waals surface area contributed by atoms with Crippen molar-refractivity contribution in [2.45, 2.75) is 64.0 Å². The Balaban J connectivity index is 1.19. The maximum absolute atomic E-state index is 13.6. The fraction of sp³-hybridized carbons (Fsp3) is 0.395. The molecule has 2 aliphatic rings. The number of methoxy groups -OCH3 is 4. The molecule has 2 amide bonds. The van der Waals surface area contributed by atoms with Gasteiger partial charge >= 0.3 is 0 Å². The molecule has 11 nitrogen and oxygen atoms in total. The molecule has 11 heteroatoms. The van der Waals surface area contributed by atoms with Crippen molar-refractivity contribution in [1.82, 2.24) is 15.6 Å². The summed E-state index contributed by atoms with van der Waals surface area (Å²) in [5.41, 5.74) is 6.75. The molecule has 1 unspecified atom stereocenters. The zero-order valence-electron chi connectivity index (χ0n) is 28.7. The highest BCUT2D eigenvalue weighted by Crippen LogP contribution is 2.50. The Kier molecular flexibility index (Phi) is 9.98. The first-order chi connectivity index (χ1) is 23.8. The predicted molar refractivity (Wildman–Crippen MR) is 189 cm³/mol. The second-order valence-corrected chi connectivity index (χ2v) is 12.6. The number of anilines is 1. The van der Waals surface area contributed by atoms with Gasteiger partial charge < -0.3 is 39.9 Å². The Morgan fingerprint density at radius 1 is 0.878 bits per heavy atom. The van der Waals surface area contributed by atoms with Crippen molar-refractivity contribution < 1.29 is 28.5 Å². The third-order valence-corrected chi connectivity index (χ3v) is 9.56. The van der Waals surface area contributed by atoms with Gasteiger partial charge in [-0.05, 0) is 97.2 Å². The van der Waals surface area contributed by atoms with E-state index in [-0.39, 0.29) is 23.3 Å². The number of amides is 2. The van der Waals surface area contributed by atoms with Gasteiger partial charge in [-0.2, -0.15) is 0 Å². The molecule has 258 valence electrons. The Morgan fingerprint density at radius 3 is 2.43 bits per heavy atom. The highest BCUT2D eigenvalue weighted by Gasteiger charge is 2.30. The third-order valence-electron chi connectivity index (χ3n) is 9.56. The number of fused-ring (bicyclic) bond motifs is 6. The molecular formula is C38H44N4O7. The minimum Gasteiger partial charge on any atom is -0.497 e. The van der Waals surface area contributed by atoms with Crippen LogP contribution in [0.3, 0.4) is 0 Å². The molecule has 1 aromatic heterocycles. The first-order valence-electron chi connectivity index (χ1n) is 16.8. The average Bonchev–Trinajstić information content (AvgIpc) is 3.32. The summed E-state index contributed by atoms with van der Waals surface area (Å²) < 4.78 is 22.6. The van der Waals surface area contributed by atoms with Crippen LogP contribution in [0.1, 0.15) is 73.5 Å². The molecule has 2 atom stereocenters. The van der Waals surface area contributed by atoms with E-state index in [0.717, 1.165) is 58.3 Å². The molecule has 0 radical (unpaired) electrons. The van der Waals surface area contributed by atoms with Gasteiger partial charge in [0, 0.05) is 42.0 Å². The molecular weight excluding hydrogens is 624 g/mol. The summed E-state index contributed by atoms with van der Waals surface area (Å²) in [7, 11) is 6.37. The minimum absolute atomic E-state index is 0.0326. The van der Waals surface area contributed by atoms with Gasteiger partial charge in [0.25, 0.3) is 0 Å². The SMILES string of the molecule is COc1ccc2[nH]c3c(c2c1)CCCC3NC(=O)CCCNc1ccc2c(cc1=O)[C@@H](NC(C)=O)CCc1cc(OC)c(OC)c(OC)c1-2. The van der Waals surface area contributed by atoms with Crippen molar-refractivity contribution in [1.29, 1.82) is 0 Å². The highest BCUT2D eigenvalue weighted by atomic mass is 16.5. The molecule has 0 aliphatic heterocycles. The van der Waals surface area contributed by atoms with Crippen LogP contribution in [0.5, 0.6) is 23.0 Å². The smallest absolute Gasteiger partial charge is 0.220 e. The topological polar surface area (TPSA) is 140 Å². The number of H-pyrrole nitrogens is 1. The van der Waals surface area contributed by atoms with E-state index < -0.39 is 6.04 Å². The number of aromatic amines is 1. The van der Waals surface area contributed by atoms with Crippen molar-refractivity contribution >= 4 is 28.4 Å². The van der Waals surface area contributed by atoms with Crippen LogP contribution in [0.15, 0.2) is 47.3 Å². The maximum Gasteiger partial charge on any atom is 0.220 e. The summed E-state index contributed by atoms with van der Waals surface area (Å²) in [4.78, 5) is 42.4. The summed E-state index contributed by atoms with van der Waals surface area (Å²) in [5, 5.41) is 10.6. The number of hydrogen-bond donors (Lipinski definition) is 4. The highest BCUT2D eigenvalue weighted by molar-refractivity contribution is 5.87. The number of aromatic nitrogens is 1. The Hall–Kier alpha value is -5.19. The van der Waals surface area contributed by atoms with Crippen LogP contribution in [0.25, 0.3) is 22.0 Å². The zero-order valence-corrected chi connectivity index (χ0v) is 28.7. The molecule has 1 heterocycles. The number of hydrogen-bond acceptors (Lipinski definition) is 8. The zero-order chi connectivity index (χ0) is 34.7. The number of carbonyl (C=O) groups excluding carboxylic acids is 2. The van der Waals surface area contributed by atoms with Crippen LogP contribution in [0.4, 0.5) is 5.69 Å². The molecule has 4 aromatic rings. The Bertz CT molecular complexity index is 1950. The van der Waals surface area contributed by atoms with E-state index in [1.54, 1.807) is 40.6 Å². The van der Waals surface area contributed by atoms with Crippen molar-refractivity contribution in [3.8, 4) is 34.1 Å².